The largest absolute Gasteiger partial charge is 0.481 e. The van der Waals surface area contributed by atoms with Crippen LogP contribution in [-0.4, -0.2) is 21.3 Å². The van der Waals surface area contributed by atoms with Crippen LogP contribution in [0, 0.1) is 12.7 Å². The third kappa shape index (κ3) is 3.88. The molecule has 0 bridgehead atoms. The van der Waals surface area contributed by atoms with Crippen LogP contribution in [-0.2, 0) is 11.2 Å². The van der Waals surface area contributed by atoms with Gasteiger partial charge in [-0.1, -0.05) is 0 Å². The van der Waals surface area contributed by atoms with E-state index in [0.717, 1.165) is 5.56 Å². The highest BCUT2D eigenvalue weighted by Gasteiger charge is 2.10. The highest BCUT2D eigenvalue weighted by Crippen LogP contribution is 2.21. The second-order valence-corrected chi connectivity index (χ2v) is 4.62. The Labute approximate surface area is 115 Å². The normalized spacial score (nSPS) is 10.7. The van der Waals surface area contributed by atoms with Gasteiger partial charge in [-0.2, -0.15) is 0 Å². The molecule has 0 spiro atoms. The van der Waals surface area contributed by atoms with Crippen molar-refractivity contribution in [1.29, 1.82) is 0 Å². The van der Waals surface area contributed by atoms with Crippen molar-refractivity contribution in [2.45, 2.75) is 32.6 Å². The van der Waals surface area contributed by atoms with Gasteiger partial charge < -0.3 is 9.52 Å². The van der Waals surface area contributed by atoms with E-state index in [9.17, 15) is 9.18 Å². The summed E-state index contributed by atoms with van der Waals surface area (Å²) in [6, 6.07) is 4.53. The lowest BCUT2D eigenvalue weighted by molar-refractivity contribution is -0.137. The van der Waals surface area contributed by atoms with Gasteiger partial charge in [0.1, 0.15) is 5.82 Å². The molecule has 1 N–H and O–H groups in total. The van der Waals surface area contributed by atoms with Crippen molar-refractivity contribution in [3.05, 3.63) is 35.5 Å². The number of hydrogen-bond acceptors (Lipinski definition) is 4. The standard InChI is InChI=1S/C14H15FN2O3/c1-9-6-10(8-11(15)7-9)14-17-16-12(20-14)4-2-3-5-13(18)19/h6-8H,2-5H2,1H3,(H,18,19). The maximum atomic E-state index is 13.3. The van der Waals surface area contributed by atoms with E-state index in [4.69, 9.17) is 9.52 Å². The lowest BCUT2D eigenvalue weighted by Crippen LogP contribution is -1.95. The van der Waals surface area contributed by atoms with Gasteiger partial charge in [-0.25, -0.2) is 4.39 Å². The number of aliphatic carboxylic acids is 1. The number of hydrogen-bond donors (Lipinski definition) is 1. The molecule has 2 rings (SSSR count). The summed E-state index contributed by atoms with van der Waals surface area (Å²) in [5.74, 6) is -0.444. The topological polar surface area (TPSA) is 76.2 Å². The number of carboxylic acids is 1. The molecule has 0 unspecified atom stereocenters. The molecule has 1 aromatic carbocycles. The molecule has 0 aliphatic heterocycles. The van der Waals surface area contributed by atoms with Gasteiger partial charge in [0.25, 0.3) is 0 Å². The Bertz CT molecular complexity index is 590. The van der Waals surface area contributed by atoms with Crippen molar-refractivity contribution in [2.75, 3.05) is 0 Å². The summed E-state index contributed by atoms with van der Waals surface area (Å²) < 4.78 is 18.7. The molecule has 0 fully saturated rings. The van der Waals surface area contributed by atoms with Gasteiger partial charge in [0.15, 0.2) is 0 Å². The number of rotatable bonds is 6. The van der Waals surface area contributed by atoms with Crippen LogP contribution in [0.3, 0.4) is 0 Å². The summed E-state index contributed by atoms with van der Waals surface area (Å²) in [5.41, 5.74) is 1.33. The monoisotopic (exact) mass is 278 g/mol. The molecule has 106 valence electrons. The molecule has 5 nitrogen and oxygen atoms in total. The predicted molar refractivity (Wildman–Crippen MR) is 69.6 cm³/mol. The molecule has 0 atom stereocenters. The number of benzene rings is 1. The van der Waals surface area contributed by atoms with Gasteiger partial charge in [0, 0.05) is 18.4 Å². The first kappa shape index (κ1) is 14.2. The van der Waals surface area contributed by atoms with Crippen LogP contribution in [0.15, 0.2) is 22.6 Å². The van der Waals surface area contributed by atoms with Crippen LogP contribution in [0.25, 0.3) is 11.5 Å². The number of aromatic nitrogens is 2. The number of carbonyl (C=O) groups is 1. The molecule has 0 saturated heterocycles. The summed E-state index contributed by atoms with van der Waals surface area (Å²) >= 11 is 0. The molecule has 0 saturated carbocycles. The minimum atomic E-state index is -0.813. The second-order valence-electron chi connectivity index (χ2n) is 4.62. The number of halogens is 1. The van der Waals surface area contributed by atoms with Crippen molar-refractivity contribution in [1.82, 2.24) is 10.2 Å². The van der Waals surface area contributed by atoms with Gasteiger partial charge in [-0.15, -0.1) is 10.2 Å². The third-order valence-electron chi connectivity index (χ3n) is 2.79. The summed E-state index contributed by atoms with van der Waals surface area (Å²) in [6.07, 6.45) is 1.88. The fourth-order valence-electron chi connectivity index (χ4n) is 1.88. The molecule has 0 aliphatic rings. The lowest BCUT2D eigenvalue weighted by Gasteiger charge is -1.98. The van der Waals surface area contributed by atoms with Crippen LogP contribution in [0.1, 0.15) is 30.7 Å². The highest BCUT2D eigenvalue weighted by atomic mass is 19.1. The zero-order chi connectivity index (χ0) is 14.5. The van der Waals surface area contributed by atoms with E-state index in [1.165, 1.54) is 12.1 Å². The molecule has 6 heteroatoms. The molecule has 0 radical (unpaired) electrons. The zero-order valence-corrected chi connectivity index (χ0v) is 11.1. The summed E-state index contributed by atoms with van der Waals surface area (Å²) in [5, 5.41) is 16.3. The highest BCUT2D eigenvalue weighted by molar-refractivity contribution is 5.66. The number of nitrogens with zero attached hydrogens (tertiary/aromatic N) is 2. The summed E-state index contributed by atoms with van der Waals surface area (Å²) in [4.78, 5) is 10.4. The molecular weight excluding hydrogens is 263 g/mol. The van der Waals surface area contributed by atoms with Crippen LogP contribution < -0.4 is 0 Å². The van der Waals surface area contributed by atoms with Gasteiger partial charge in [0.2, 0.25) is 11.8 Å². The van der Waals surface area contributed by atoms with Crippen LogP contribution in [0.5, 0.6) is 0 Å². The Hall–Kier alpha value is -2.24. The van der Waals surface area contributed by atoms with Crippen molar-refractivity contribution in [2.24, 2.45) is 0 Å². The smallest absolute Gasteiger partial charge is 0.303 e. The van der Waals surface area contributed by atoms with Crippen LogP contribution in [0.4, 0.5) is 4.39 Å². The van der Waals surface area contributed by atoms with E-state index in [0.29, 0.717) is 30.7 Å². The lowest BCUT2D eigenvalue weighted by atomic mass is 10.1. The molecule has 0 amide bonds. The Balaban J connectivity index is 1.99. The number of aryl methyl sites for hydroxylation is 2. The maximum Gasteiger partial charge on any atom is 0.303 e. The van der Waals surface area contributed by atoms with Crippen LogP contribution in [0.2, 0.25) is 0 Å². The Morgan fingerprint density at radius 2 is 2.10 bits per heavy atom. The molecule has 2 aromatic rings. The average molecular weight is 278 g/mol. The van der Waals surface area contributed by atoms with Gasteiger partial charge in [-0.05, 0) is 43.5 Å². The molecule has 0 aliphatic carbocycles. The first-order valence-corrected chi connectivity index (χ1v) is 6.36. The Morgan fingerprint density at radius 3 is 2.80 bits per heavy atom. The molecule has 20 heavy (non-hydrogen) atoms. The van der Waals surface area contributed by atoms with Gasteiger partial charge in [-0.3, -0.25) is 4.79 Å². The first-order chi connectivity index (χ1) is 9.54. The van der Waals surface area contributed by atoms with E-state index in [-0.39, 0.29) is 18.1 Å². The molecule has 1 aromatic heterocycles. The third-order valence-corrected chi connectivity index (χ3v) is 2.79. The summed E-state index contributed by atoms with van der Waals surface area (Å²) in [6.45, 7) is 1.79. The van der Waals surface area contributed by atoms with Crippen molar-refractivity contribution >= 4 is 5.97 Å². The molecular formula is C14H15FN2O3. The maximum absolute atomic E-state index is 13.3. The summed E-state index contributed by atoms with van der Waals surface area (Å²) in [7, 11) is 0. The van der Waals surface area contributed by atoms with E-state index in [1.807, 2.05) is 0 Å². The second kappa shape index (κ2) is 6.27. The van der Waals surface area contributed by atoms with Crippen molar-refractivity contribution < 1.29 is 18.7 Å². The fourth-order valence-corrected chi connectivity index (χ4v) is 1.88. The minimum Gasteiger partial charge on any atom is -0.481 e. The van der Waals surface area contributed by atoms with Gasteiger partial charge >= 0.3 is 5.97 Å². The van der Waals surface area contributed by atoms with Crippen molar-refractivity contribution in [3.8, 4) is 11.5 Å². The number of carboxylic acid groups (broad SMARTS) is 1. The van der Waals surface area contributed by atoms with Crippen LogP contribution >= 0.6 is 0 Å². The first-order valence-electron chi connectivity index (χ1n) is 6.36. The minimum absolute atomic E-state index is 0.129. The van der Waals surface area contributed by atoms with E-state index < -0.39 is 5.97 Å². The zero-order valence-electron chi connectivity index (χ0n) is 11.1. The number of unbranched alkanes of at least 4 members (excludes halogenated alkanes) is 1. The van der Waals surface area contributed by atoms with Gasteiger partial charge in [0.05, 0.1) is 0 Å². The Kier molecular flexibility index (Phi) is 4.45. The van der Waals surface area contributed by atoms with E-state index >= 15 is 0 Å². The Morgan fingerprint density at radius 1 is 1.30 bits per heavy atom. The van der Waals surface area contributed by atoms with E-state index in [2.05, 4.69) is 10.2 Å². The predicted octanol–water partition coefficient (Wildman–Crippen LogP) is 2.98. The van der Waals surface area contributed by atoms with E-state index in [1.54, 1.807) is 13.0 Å². The van der Waals surface area contributed by atoms with Crippen molar-refractivity contribution in [3.63, 3.8) is 0 Å². The quantitative estimate of drug-likeness (QED) is 0.822. The average Bonchev–Trinajstić information content (AvgIpc) is 2.82. The SMILES string of the molecule is Cc1cc(F)cc(-c2nnc(CCCCC(=O)O)o2)c1. The fraction of sp³-hybridized carbons (Fsp3) is 0.357. The molecule has 1 heterocycles.